The molecule has 1 aliphatic carbocycles. The fraction of sp³-hybridized carbons (Fsp3) is 0.615. The van der Waals surface area contributed by atoms with Crippen LogP contribution in [-0.2, 0) is 19.7 Å². The van der Waals surface area contributed by atoms with E-state index in [1.165, 1.54) is 12.0 Å². The zero-order chi connectivity index (χ0) is 21.6. The molecular formula is C26H31N3O3. The molecule has 6 atom stereocenters. The molecular weight excluding hydrogens is 402 g/mol. The van der Waals surface area contributed by atoms with Crippen LogP contribution in [0.25, 0.3) is 0 Å². The first-order valence-corrected chi connectivity index (χ1v) is 12.4. The predicted octanol–water partition coefficient (Wildman–Crippen LogP) is 3.22. The topological polar surface area (TPSA) is 61.9 Å². The summed E-state index contributed by atoms with van der Waals surface area (Å²) in [6.07, 6.45) is 7.54. The number of amides is 2. The molecule has 1 aromatic rings. The van der Waals surface area contributed by atoms with Gasteiger partial charge in [-0.2, -0.15) is 0 Å². The van der Waals surface area contributed by atoms with Crippen LogP contribution in [0.2, 0.25) is 0 Å². The summed E-state index contributed by atoms with van der Waals surface area (Å²) in [4.78, 5) is 30.7. The predicted molar refractivity (Wildman–Crippen MR) is 122 cm³/mol. The van der Waals surface area contributed by atoms with Gasteiger partial charge in [0.25, 0.3) is 0 Å². The largest absolute Gasteiger partial charge is 0.373 e. The first kappa shape index (κ1) is 19.3. The van der Waals surface area contributed by atoms with Crippen molar-refractivity contribution in [2.45, 2.75) is 69.1 Å². The van der Waals surface area contributed by atoms with Gasteiger partial charge in [-0.05, 0) is 55.5 Å². The second kappa shape index (κ2) is 6.67. The van der Waals surface area contributed by atoms with Crippen molar-refractivity contribution in [2.75, 3.05) is 29.9 Å². The highest BCUT2D eigenvalue weighted by molar-refractivity contribution is 6.00. The Morgan fingerprint density at radius 2 is 2.25 bits per heavy atom. The molecule has 0 aromatic heterocycles. The minimum atomic E-state index is -0.0474. The average Bonchev–Trinajstić information content (AvgIpc) is 3.25. The minimum Gasteiger partial charge on any atom is -0.373 e. The lowest BCUT2D eigenvalue weighted by Crippen LogP contribution is -2.69. The summed E-state index contributed by atoms with van der Waals surface area (Å²) in [6.45, 7) is 4.87. The lowest BCUT2D eigenvalue weighted by atomic mass is 9.53. The molecule has 32 heavy (non-hydrogen) atoms. The van der Waals surface area contributed by atoms with Crippen molar-refractivity contribution in [3.63, 3.8) is 0 Å². The molecule has 3 saturated heterocycles. The van der Waals surface area contributed by atoms with Crippen LogP contribution in [0, 0.1) is 11.8 Å². The Bertz CT molecular complexity index is 1050. The van der Waals surface area contributed by atoms with Crippen LogP contribution in [0.5, 0.6) is 0 Å². The van der Waals surface area contributed by atoms with Gasteiger partial charge >= 0.3 is 0 Å². The molecule has 6 nitrogen and oxygen atoms in total. The van der Waals surface area contributed by atoms with Gasteiger partial charge in [0.15, 0.2) is 0 Å². The number of piperidine rings is 2. The number of hydrogen-bond acceptors (Lipinski definition) is 4. The maximum atomic E-state index is 13.5. The van der Waals surface area contributed by atoms with E-state index in [2.05, 4.69) is 40.2 Å². The normalized spacial score (nSPS) is 38.3. The van der Waals surface area contributed by atoms with Crippen LogP contribution in [0.1, 0.15) is 51.0 Å². The number of rotatable bonds is 4. The number of hydrogen-bond donors (Lipinski definition) is 1. The second-order valence-electron chi connectivity index (χ2n) is 10.6. The molecule has 2 amide bonds. The molecule has 1 spiro atoms. The van der Waals surface area contributed by atoms with Gasteiger partial charge in [-0.15, -0.1) is 0 Å². The molecule has 6 aliphatic rings. The van der Waals surface area contributed by atoms with Gasteiger partial charge in [0, 0.05) is 41.7 Å². The highest BCUT2D eigenvalue weighted by atomic mass is 16.5. The summed E-state index contributed by atoms with van der Waals surface area (Å²) in [6, 6.07) is 6.92. The Kier molecular flexibility index (Phi) is 4.02. The van der Waals surface area contributed by atoms with E-state index < -0.39 is 0 Å². The molecule has 4 fully saturated rings. The van der Waals surface area contributed by atoms with E-state index in [0.29, 0.717) is 37.3 Å². The Balaban J connectivity index is 1.36. The first-order valence-electron chi connectivity index (χ1n) is 12.4. The highest BCUT2D eigenvalue weighted by Crippen LogP contribution is 2.65. The van der Waals surface area contributed by atoms with Gasteiger partial charge in [-0.1, -0.05) is 25.0 Å². The van der Waals surface area contributed by atoms with Crippen molar-refractivity contribution in [1.29, 1.82) is 0 Å². The van der Waals surface area contributed by atoms with Gasteiger partial charge in [0.2, 0.25) is 11.8 Å². The average molecular weight is 434 g/mol. The van der Waals surface area contributed by atoms with Crippen molar-refractivity contribution < 1.29 is 14.3 Å². The molecule has 168 valence electrons. The maximum absolute atomic E-state index is 13.5. The molecule has 5 aliphatic heterocycles. The van der Waals surface area contributed by atoms with Crippen LogP contribution >= 0.6 is 0 Å². The number of fused-ring (bicyclic) bond motifs is 2. The van der Waals surface area contributed by atoms with Gasteiger partial charge in [-0.3, -0.25) is 14.5 Å². The van der Waals surface area contributed by atoms with Crippen LogP contribution in [0.4, 0.5) is 11.4 Å². The number of nitrogens with zero attached hydrogens (tertiary/aromatic N) is 2. The fourth-order valence-electron chi connectivity index (χ4n) is 8.19. The highest BCUT2D eigenvalue weighted by Gasteiger charge is 2.71. The molecule has 1 N–H and O–H groups in total. The van der Waals surface area contributed by atoms with Crippen molar-refractivity contribution in [3.05, 3.63) is 35.4 Å². The monoisotopic (exact) mass is 433 g/mol. The van der Waals surface area contributed by atoms with Crippen molar-refractivity contribution in [3.8, 4) is 0 Å². The van der Waals surface area contributed by atoms with Crippen molar-refractivity contribution in [2.24, 2.45) is 11.8 Å². The van der Waals surface area contributed by atoms with E-state index >= 15 is 0 Å². The Labute approximate surface area is 189 Å². The van der Waals surface area contributed by atoms with Gasteiger partial charge in [0.1, 0.15) is 0 Å². The molecule has 1 unspecified atom stereocenters. The van der Waals surface area contributed by atoms with Crippen LogP contribution < -0.4 is 10.2 Å². The molecule has 6 heteroatoms. The van der Waals surface area contributed by atoms with E-state index in [4.69, 9.17) is 4.74 Å². The van der Waals surface area contributed by atoms with Gasteiger partial charge < -0.3 is 15.0 Å². The van der Waals surface area contributed by atoms with Crippen LogP contribution in [-0.4, -0.2) is 54.6 Å². The fourth-order valence-corrected chi connectivity index (χ4v) is 8.19. The Hall–Kier alpha value is -2.18. The number of nitrogens with one attached hydrogen (secondary N) is 1. The lowest BCUT2D eigenvalue weighted by Gasteiger charge is -2.58. The molecule has 7 rings (SSSR count). The van der Waals surface area contributed by atoms with Crippen LogP contribution in [0.3, 0.4) is 0 Å². The number of unbranched alkanes of at least 4 members (excludes halogenated alkanes) is 1. The van der Waals surface area contributed by atoms with Crippen molar-refractivity contribution >= 4 is 23.2 Å². The SMILES string of the molecule is CCCCC(=O)Nc1ccc2c(c1)C13CCN4CC5=CCO[C@H]6CC(=O)N2[C@H]1[C@H]6[C@H]5C[C@H]43. The molecule has 1 aromatic carbocycles. The summed E-state index contributed by atoms with van der Waals surface area (Å²) >= 11 is 0. The molecule has 0 radical (unpaired) electrons. The number of carbonyl (C=O) groups excluding carboxylic acids is 2. The summed E-state index contributed by atoms with van der Waals surface area (Å²) in [7, 11) is 0. The number of carbonyl (C=O) groups is 2. The molecule has 1 saturated carbocycles. The van der Waals surface area contributed by atoms with Crippen LogP contribution in [0.15, 0.2) is 29.8 Å². The number of ether oxygens (including phenoxy) is 1. The smallest absolute Gasteiger partial charge is 0.229 e. The standard InChI is InChI=1S/C26H31N3O3/c1-2-3-4-22(30)27-16-5-6-19-18(11-16)26-8-9-28-14-15-7-10-32-20-13-23(31)29(19)25(26)24(20)17(15)12-21(26)28/h5-7,11,17,20-21,24-25H,2-4,8-10,12-14H2,1H3,(H,27,30)/t17-,20-,21-,24-,25-,26?/m0/s1. The Morgan fingerprint density at radius 1 is 1.34 bits per heavy atom. The number of benzene rings is 1. The van der Waals surface area contributed by atoms with Gasteiger partial charge in [0.05, 0.1) is 25.2 Å². The third-order valence-corrected chi connectivity index (χ3v) is 9.35. The lowest BCUT2D eigenvalue weighted by molar-refractivity contribution is -0.132. The summed E-state index contributed by atoms with van der Waals surface area (Å²) in [5.41, 5.74) is 4.73. The number of anilines is 2. The summed E-state index contributed by atoms with van der Waals surface area (Å²) in [5.74, 6) is 1.18. The van der Waals surface area contributed by atoms with E-state index in [1.54, 1.807) is 5.57 Å². The zero-order valence-corrected chi connectivity index (χ0v) is 18.7. The van der Waals surface area contributed by atoms with Gasteiger partial charge in [-0.25, -0.2) is 0 Å². The Morgan fingerprint density at radius 3 is 3.12 bits per heavy atom. The molecule has 5 heterocycles. The molecule has 2 bridgehead atoms. The quantitative estimate of drug-likeness (QED) is 0.741. The third-order valence-electron chi connectivity index (χ3n) is 9.35. The first-order chi connectivity index (χ1) is 15.6. The maximum Gasteiger partial charge on any atom is 0.229 e. The van der Waals surface area contributed by atoms with E-state index in [-0.39, 0.29) is 29.4 Å². The second-order valence-corrected chi connectivity index (χ2v) is 10.6. The zero-order valence-electron chi connectivity index (χ0n) is 18.7. The van der Waals surface area contributed by atoms with Crippen molar-refractivity contribution in [1.82, 2.24) is 4.90 Å². The van der Waals surface area contributed by atoms with E-state index in [0.717, 1.165) is 43.7 Å². The van der Waals surface area contributed by atoms with E-state index in [9.17, 15) is 9.59 Å². The summed E-state index contributed by atoms with van der Waals surface area (Å²) in [5, 5.41) is 3.13. The minimum absolute atomic E-state index is 0.0232. The third kappa shape index (κ3) is 2.32. The van der Waals surface area contributed by atoms with E-state index in [1.807, 2.05) is 6.07 Å². The summed E-state index contributed by atoms with van der Waals surface area (Å²) < 4.78 is 6.31.